The zero-order chi connectivity index (χ0) is 27.5. The van der Waals surface area contributed by atoms with E-state index in [4.69, 9.17) is 8.84 Å². The summed E-state index contributed by atoms with van der Waals surface area (Å²) in [5.74, 6) is 0.764. The molecule has 0 spiro atoms. The van der Waals surface area contributed by atoms with Gasteiger partial charge in [0.1, 0.15) is 5.76 Å². The quantitative estimate of drug-likeness (QED) is 0.176. The maximum Gasteiger partial charge on any atom is 0.192 e. The molecule has 5 rings (SSSR count). The molecule has 1 fully saturated rings. The van der Waals surface area contributed by atoms with Crippen molar-refractivity contribution in [1.29, 1.82) is 0 Å². The Morgan fingerprint density at radius 3 is 1.79 bits per heavy atom. The molecule has 5 heteroatoms. The zero-order valence-corrected chi connectivity index (χ0v) is 24.8. The maximum absolute atomic E-state index is 7.06. The van der Waals surface area contributed by atoms with Crippen LogP contribution in [0.3, 0.4) is 0 Å². The van der Waals surface area contributed by atoms with Crippen LogP contribution in [0.5, 0.6) is 0 Å². The minimum absolute atomic E-state index is 0.0345. The highest BCUT2D eigenvalue weighted by Crippen LogP contribution is 2.46. The summed E-state index contributed by atoms with van der Waals surface area (Å²) >= 11 is 0. The standard InChI is InChI=1S/C34H40N2O2Si/c1-33(2,3)39(4,5)38-32-21-22-36(25-27(32)23-31-24-35-26-37-31)34(28-15-9-6-10-16-28,29-17-11-7-12-18-29)30-19-13-8-14-20-30/h6-20,23-24,26,32H,21-22,25H2,1-5H3. The molecule has 3 aromatic carbocycles. The van der Waals surface area contributed by atoms with Gasteiger partial charge < -0.3 is 8.84 Å². The summed E-state index contributed by atoms with van der Waals surface area (Å²) in [6.45, 7) is 13.2. The highest BCUT2D eigenvalue weighted by molar-refractivity contribution is 6.74. The van der Waals surface area contributed by atoms with Crippen molar-refractivity contribution in [3.8, 4) is 0 Å². The number of piperidine rings is 1. The number of hydrogen-bond acceptors (Lipinski definition) is 4. The highest BCUT2D eigenvalue weighted by Gasteiger charge is 2.46. The lowest BCUT2D eigenvalue weighted by molar-refractivity contribution is 0.0915. The Kier molecular flexibility index (Phi) is 7.77. The fourth-order valence-electron chi connectivity index (χ4n) is 5.52. The molecule has 1 aliphatic rings. The Bertz CT molecular complexity index is 1260. The van der Waals surface area contributed by atoms with Crippen molar-refractivity contribution in [2.24, 2.45) is 0 Å². The van der Waals surface area contributed by atoms with Gasteiger partial charge in [0.2, 0.25) is 0 Å². The molecule has 0 amide bonds. The van der Waals surface area contributed by atoms with Gasteiger partial charge in [0.25, 0.3) is 0 Å². The number of oxazole rings is 1. The lowest BCUT2D eigenvalue weighted by Crippen LogP contribution is -2.55. The van der Waals surface area contributed by atoms with Crippen LogP contribution in [0.4, 0.5) is 0 Å². The van der Waals surface area contributed by atoms with Gasteiger partial charge in [0.05, 0.1) is 17.8 Å². The molecule has 4 nitrogen and oxygen atoms in total. The number of hydrogen-bond donors (Lipinski definition) is 0. The van der Waals surface area contributed by atoms with E-state index in [1.165, 1.54) is 28.7 Å². The maximum atomic E-state index is 7.06. The Balaban J connectivity index is 1.66. The average molecular weight is 537 g/mol. The van der Waals surface area contributed by atoms with E-state index in [0.717, 1.165) is 25.3 Å². The van der Waals surface area contributed by atoms with E-state index in [1.54, 1.807) is 6.20 Å². The lowest BCUT2D eigenvalue weighted by atomic mass is 9.74. The van der Waals surface area contributed by atoms with Crippen LogP contribution in [0.1, 0.15) is 49.6 Å². The average Bonchev–Trinajstić information content (AvgIpc) is 3.45. The largest absolute Gasteiger partial charge is 0.444 e. The van der Waals surface area contributed by atoms with Gasteiger partial charge in [-0.15, -0.1) is 0 Å². The normalized spacial score (nSPS) is 18.4. The van der Waals surface area contributed by atoms with Crippen molar-refractivity contribution in [3.63, 3.8) is 0 Å². The number of aromatic nitrogens is 1. The van der Waals surface area contributed by atoms with Crippen molar-refractivity contribution in [2.45, 2.75) is 57.0 Å². The Morgan fingerprint density at radius 1 is 0.846 bits per heavy atom. The first kappa shape index (κ1) is 27.3. The number of likely N-dealkylation sites (tertiary alicyclic amines) is 1. The number of nitrogens with zero attached hydrogens (tertiary/aromatic N) is 2. The van der Waals surface area contributed by atoms with Crippen LogP contribution in [-0.2, 0) is 9.96 Å². The van der Waals surface area contributed by atoms with Crippen LogP contribution < -0.4 is 0 Å². The van der Waals surface area contributed by atoms with Crippen LogP contribution in [0.2, 0.25) is 18.1 Å². The van der Waals surface area contributed by atoms with Gasteiger partial charge in [-0.25, -0.2) is 4.98 Å². The van der Waals surface area contributed by atoms with E-state index in [1.807, 2.05) is 0 Å². The monoisotopic (exact) mass is 536 g/mol. The van der Waals surface area contributed by atoms with E-state index in [0.29, 0.717) is 0 Å². The number of rotatable bonds is 7. The molecule has 0 N–H and O–H groups in total. The van der Waals surface area contributed by atoms with Gasteiger partial charge in [-0.1, -0.05) is 112 Å². The van der Waals surface area contributed by atoms with Crippen LogP contribution in [-0.4, -0.2) is 37.4 Å². The summed E-state index contributed by atoms with van der Waals surface area (Å²) in [5, 5.41) is 0.128. The molecule has 39 heavy (non-hydrogen) atoms. The predicted molar refractivity (Wildman–Crippen MR) is 162 cm³/mol. The second-order valence-electron chi connectivity index (χ2n) is 12.0. The fourth-order valence-corrected chi connectivity index (χ4v) is 6.85. The highest BCUT2D eigenvalue weighted by atomic mass is 28.4. The molecule has 0 aliphatic carbocycles. The SMILES string of the molecule is CC(C)(C)[Si](C)(C)OC1CCN(C(c2ccccc2)(c2ccccc2)c2ccccc2)CC1=Cc1cnco1. The third kappa shape index (κ3) is 5.44. The minimum Gasteiger partial charge on any atom is -0.444 e. The molecule has 0 bridgehead atoms. The smallest absolute Gasteiger partial charge is 0.192 e. The van der Waals surface area contributed by atoms with E-state index in [-0.39, 0.29) is 11.1 Å². The topological polar surface area (TPSA) is 38.5 Å². The van der Waals surface area contributed by atoms with Crippen LogP contribution in [0, 0.1) is 0 Å². The Hall–Kier alpha value is -3.25. The first-order valence-electron chi connectivity index (χ1n) is 13.9. The Labute approximate surface area is 234 Å². The van der Waals surface area contributed by atoms with E-state index in [2.05, 4.69) is 141 Å². The van der Waals surface area contributed by atoms with E-state index < -0.39 is 13.9 Å². The third-order valence-corrected chi connectivity index (χ3v) is 13.0. The van der Waals surface area contributed by atoms with E-state index >= 15 is 0 Å². The minimum atomic E-state index is -2.00. The summed E-state index contributed by atoms with van der Waals surface area (Å²) in [7, 11) is -2.00. The van der Waals surface area contributed by atoms with Gasteiger partial charge in [-0.3, -0.25) is 4.90 Å². The summed E-state index contributed by atoms with van der Waals surface area (Å²) in [6, 6.07) is 32.7. The zero-order valence-electron chi connectivity index (χ0n) is 23.8. The van der Waals surface area contributed by atoms with Crippen LogP contribution in [0.25, 0.3) is 6.08 Å². The van der Waals surface area contributed by atoms with Crippen molar-refractivity contribution < 1.29 is 8.84 Å². The lowest BCUT2D eigenvalue weighted by Gasteiger charge is -2.50. The summed E-state index contributed by atoms with van der Waals surface area (Å²) < 4.78 is 12.8. The molecule has 1 aliphatic heterocycles. The summed E-state index contributed by atoms with van der Waals surface area (Å²) in [6.07, 6.45) is 6.38. The molecule has 2 heterocycles. The first-order valence-corrected chi connectivity index (χ1v) is 16.8. The van der Waals surface area contributed by atoms with E-state index in [9.17, 15) is 0 Å². The molecule has 4 aromatic rings. The van der Waals surface area contributed by atoms with Gasteiger partial charge in [0.15, 0.2) is 14.7 Å². The molecular weight excluding hydrogens is 496 g/mol. The molecule has 202 valence electrons. The molecular formula is C34H40N2O2Si. The molecule has 0 radical (unpaired) electrons. The van der Waals surface area contributed by atoms with Crippen LogP contribution >= 0.6 is 0 Å². The van der Waals surface area contributed by atoms with Crippen molar-refractivity contribution in [3.05, 3.63) is 132 Å². The van der Waals surface area contributed by atoms with Crippen LogP contribution in [0.15, 0.2) is 114 Å². The summed E-state index contributed by atoms with van der Waals surface area (Å²) in [5.41, 5.74) is 4.53. The Morgan fingerprint density at radius 2 is 1.36 bits per heavy atom. The van der Waals surface area contributed by atoms with Crippen molar-refractivity contribution in [2.75, 3.05) is 13.1 Å². The van der Waals surface area contributed by atoms with Crippen molar-refractivity contribution in [1.82, 2.24) is 9.88 Å². The first-order chi connectivity index (χ1) is 18.7. The predicted octanol–water partition coefficient (Wildman–Crippen LogP) is 8.15. The molecule has 1 saturated heterocycles. The summed E-state index contributed by atoms with van der Waals surface area (Å²) in [4.78, 5) is 6.81. The van der Waals surface area contributed by atoms with Gasteiger partial charge in [-0.2, -0.15) is 0 Å². The van der Waals surface area contributed by atoms with Gasteiger partial charge in [0, 0.05) is 13.1 Å². The third-order valence-electron chi connectivity index (χ3n) is 8.52. The molecule has 1 aromatic heterocycles. The fraction of sp³-hybridized carbons (Fsp3) is 0.324. The number of benzene rings is 3. The van der Waals surface area contributed by atoms with Gasteiger partial charge in [-0.05, 0) is 52.9 Å². The van der Waals surface area contributed by atoms with Crippen molar-refractivity contribution >= 4 is 14.4 Å². The molecule has 0 saturated carbocycles. The van der Waals surface area contributed by atoms with Gasteiger partial charge >= 0.3 is 0 Å². The molecule has 1 atom stereocenters. The second kappa shape index (κ2) is 11.1. The molecule has 1 unspecified atom stereocenters. The second-order valence-corrected chi connectivity index (χ2v) is 16.8.